The van der Waals surface area contributed by atoms with E-state index in [4.69, 9.17) is 9.16 Å². The van der Waals surface area contributed by atoms with Crippen LogP contribution in [-0.2, 0) is 18.8 Å². The molecule has 43 heavy (non-hydrogen) atoms. The van der Waals surface area contributed by atoms with Gasteiger partial charge in [-0.2, -0.15) is 0 Å². The van der Waals surface area contributed by atoms with Crippen molar-refractivity contribution >= 4 is 30.4 Å². The lowest BCUT2D eigenvalue weighted by Crippen LogP contribution is -2.67. The van der Waals surface area contributed by atoms with Gasteiger partial charge >= 0.3 is 5.97 Å². The van der Waals surface area contributed by atoms with Gasteiger partial charge in [0, 0.05) is 24.2 Å². The molecule has 0 saturated heterocycles. The molecule has 2 aliphatic carbocycles. The molecule has 0 aromatic heterocycles. The smallest absolute Gasteiger partial charge is 0.305 e. The number of benzene rings is 2. The van der Waals surface area contributed by atoms with Crippen molar-refractivity contribution in [1.29, 1.82) is 0 Å². The van der Waals surface area contributed by atoms with Crippen LogP contribution in [0.4, 0.5) is 0 Å². The Bertz CT molecular complexity index is 1210. The summed E-state index contributed by atoms with van der Waals surface area (Å²) >= 11 is 0. The number of unbranched alkanes of at least 4 members (excludes halogenated alkanes) is 3. The molecule has 0 N–H and O–H groups in total. The molecule has 4 rings (SSSR count). The highest BCUT2D eigenvalue weighted by Gasteiger charge is 2.74. The van der Waals surface area contributed by atoms with Gasteiger partial charge in [0.1, 0.15) is 5.78 Å². The number of rotatable bonds is 16. The van der Waals surface area contributed by atoms with Gasteiger partial charge in [-0.1, -0.05) is 126 Å². The maximum Gasteiger partial charge on any atom is 0.305 e. The number of fused-ring (bicyclic) bond motifs is 1. The molecule has 4 atom stereocenters. The van der Waals surface area contributed by atoms with Gasteiger partial charge < -0.3 is 9.16 Å². The van der Waals surface area contributed by atoms with E-state index in [1.165, 1.54) is 29.6 Å². The maximum atomic E-state index is 14.0. The molecule has 0 spiro atoms. The fourth-order valence-corrected chi connectivity index (χ4v) is 12.2. The summed E-state index contributed by atoms with van der Waals surface area (Å²) in [7, 11) is -2.80. The molecule has 4 nitrogen and oxygen atoms in total. The maximum absolute atomic E-state index is 14.0. The van der Waals surface area contributed by atoms with Crippen molar-refractivity contribution in [1.82, 2.24) is 0 Å². The number of esters is 1. The molecular weight excluding hydrogens is 549 g/mol. The monoisotopic (exact) mass is 600 g/mol. The zero-order chi connectivity index (χ0) is 30.9. The van der Waals surface area contributed by atoms with E-state index in [0.29, 0.717) is 38.1 Å². The van der Waals surface area contributed by atoms with Crippen molar-refractivity contribution < 1.29 is 18.8 Å². The molecule has 232 valence electrons. The average molecular weight is 601 g/mol. The van der Waals surface area contributed by atoms with Gasteiger partial charge in [0.05, 0.1) is 12.7 Å². The Morgan fingerprint density at radius 2 is 1.58 bits per heavy atom. The number of ether oxygens (including phenoxy) is 1. The van der Waals surface area contributed by atoms with E-state index in [1.807, 2.05) is 6.92 Å². The first kappa shape index (κ1) is 33.1. The Kier molecular flexibility index (Phi) is 11.4. The first-order chi connectivity index (χ1) is 20.7. The van der Waals surface area contributed by atoms with Crippen LogP contribution in [0.2, 0.25) is 5.04 Å². The summed E-state index contributed by atoms with van der Waals surface area (Å²) in [6.45, 7) is 11.3. The van der Waals surface area contributed by atoms with Crippen molar-refractivity contribution in [3.63, 3.8) is 0 Å². The van der Waals surface area contributed by atoms with Crippen LogP contribution in [-0.4, -0.2) is 32.8 Å². The number of carbonyl (C=O) groups excluding carboxylic acids is 2. The van der Waals surface area contributed by atoms with Crippen LogP contribution in [0.3, 0.4) is 0 Å². The number of hydrogen-bond acceptors (Lipinski definition) is 4. The Balaban J connectivity index is 1.63. The number of ketones is 1. The quantitative estimate of drug-likeness (QED) is 0.0849. The van der Waals surface area contributed by atoms with Gasteiger partial charge in [-0.05, 0) is 60.4 Å². The molecule has 0 bridgehead atoms. The van der Waals surface area contributed by atoms with Crippen LogP contribution in [0.25, 0.3) is 0 Å². The molecule has 0 unspecified atom stereocenters. The van der Waals surface area contributed by atoms with Crippen molar-refractivity contribution in [3.05, 3.63) is 85.0 Å². The minimum absolute atomic E-state index is 0.133. The summed E-state index contributed by atoms with van der Waals surface area (Å²) in [5, 5.41) is 2.32. The van der Waals surface area contributed by atoms with Gasteiger partial charge in [-0.15, -0.1) is 0 Å². The minimum Gasteiger partial charge on any atom is -0.466 e. The molecule has 0 heterocycles. The summed E-state index contributed by atoms with van der Waals surface area (Å²) in [5.41, 5.74) is -0.441. The van der Waals surface area contributed by atoms with Crippen LogP contribution in [0, 0.1) is 17.3 Å². The lowest BCUT2D eigenvalue weighted by atomic mass is 9.91. The van der Waals surface area contributed by atoms with Crippen molar-refractivity contribution in [2.75, 3.05) is 6.61 Å². The molecule has 2 aromatic carbocycles. The largest absolute Gasteiger partial charge is 0.466 e. The molecule has 0 aliphatic heterocycles. The lowest BCUT2D eigenvalue weighted by molar-refractivity contribution is -0.143. The van der Waals surface area contributed by atoms with Gasteiger partial charge in [-0.3, -0.25) is 9.59 Å². The highest BCUT2D eigenvalue weighted by Crippen LogP contribution is 2.70. The minimum atomic E-state index is -2.80. The average Bonchev–Trinajstić information content (AvgIpc) is 3.55. The van der Waals surface area contributed by atoms with Crippen LogP contribution in [0.15, 0.2) is 85.0 Å². The second-order valence-electron chi connectivity index (χ2n) is 13.3. The third kappa shape index (κ3) is 7.15. The normalized spacial score (nSPS) is 23.7. The molecule has 0 amide bonds. The molecule has 5 heteroatoms. The van der Waals surface area contributed by atoms with Gasteiger partial charge in [0.15, 0.2) is 0 Å². The lowest BCUT2D eigenvalue weighted by Gasteiger charge is -2.45. The van der Waals surface area contributed by atoms with Gasteiger partial charge in [0.25, 0.3) is 8.32 Å². The first-order valence-electron chi connectivity index (χ1n) is 16.5. The molecule has 2 fully saturated rings. The number of allylic oxidation sites excluding steroid dienone is 4. The van der Waals surface area contributed by atoms with E-state index in [9.17, 15) is 9.59 Å². The molecule has 2 saturated carbocycles. The van der Waals surface area contributed by atoms with E-state index in [-0.39, 0.29) is 28.9 Å². The Morgan fingerprint density at radius 3 is 2.16 bits per heavy atom. The Morgan fingerprint density at radius 1 is 0.930 bits per heavy atom. The van der Waals surface area contributed by atoms with E-state index < -0.39 is 13.7 Å². The summed E-state index contributed by atoms with van der Waals surface area (Å²) in [6, 6.07) is 21.4. The molecule has 0 radical (unpaired) electrons. The van der Waals surface area contributed by atoms with E-state index in [1.54, 1.807) is 0 Å². The summed E-state index contributed by atoms with van der Waals surface area (Å²) in [6.07, 6.45) is 16.8. The van der Waals surface area contributed by atoms with Crippen LogP contribution >= 0.6 is 0 Å². The summed E-state index contributed by atoms with van der Waals surface area (Å²) < 4.78 is 12.7. The number of hydrogen-bond donors (Lipinski definition) is 0. The Labute approximate surface area is 261 Å². The zero-order valence-corrected chi connectivity index (χ0v) is 28.0. The van der Waals surface area contributed by atoms with Crippen LogP contribution in [0.5, 0.6) is 0 Å². The number of carbonyl (C=O) groups is 2. The van der Waals surface area contributed by atoms with Crippen LogP contribution < -0.4 is 10.4 Å². The standard InChI is InChI=1S/C38H52O4Si/c1-6-8-9-10-11-12-13-20-26-32-36-33(29-34(39)38(32,36)28-21-27-35(40)41-7-2)42-43(37(3,4)5,30-22-16-14-17-23-30)31-24-18-15-19-25-31/h11-12,14-20,22-26,32-33,36H,6-10,13,21,27-29H2,1-5H3/b12-11-,26-20-/t32-,33+,36+,38-/m1/s1. The highest BCUT2D eigenvalue weighted by atomic mass is 28.4. The molecule has 2 aromatic rings. The van der Waals surface area contributed by atoms with Crippen LogP contribution in [0.1, 0.15) is 92.4 Å². The third-order valence-electron chi connectivity index (χ3n) is 9.55. The zero-order valence-electron chi connectivity index (χ0n) is 27.0. The van der Waals surface area contributed by atoms with Crippen molar-refractivity contribution in [3.8, 4) is 0 Å². The van der Waals surface area contributed by atoms with E-state index >= 15 is 0 Å². The highest BCUT2D eigenvalue weighted by molar-refractivity contribution is 6.99. The third-order valence-corrected chi connectivity index (χ3v) is 14.6. The predicted molar refractivity (Wildman–Crippen MR) is 179 cm³/mol. The van der Waals surface area contributed by atoms with E-state index in [2.05, 4.69) is 113 Å². The van der Waals surface area contributed by atoms with E-state index in [0.717, 1.165) is 12.8 Å². The van der Waals surface area contributed by atoms with Gasteiger partial charge in [0.2, 0.25) is 0 Å². The summed E-state index contributed by atoms with van der Waals surface area (Å²) in [4.78, 5) is 26.1. The molecule has 2 aliphatic rings. The van der Waals surface area contributed by atoms with Crippen molar-refractivity contribution in [2.24, 2.45) is 17.3 Å². The second kappa shape index (κ2) is 14.8. The molecular formula is C38H52O4Si. The second-order valence-corrected chi connectivity index (χ2v) is 17.6. The summed E-state index contributed by atoms with van der Waals surface area (Å²) in [5.74, 6) is 0.400. The Hall–Kier alpha value is -2.76. The fourth-order valence-electron chi connectivity index (χ4n) is 7.52. The fraction of sp³-hybridized carbons (Fsp3) is 0.526. The van der Waals surface area contributed by atoms with Gasteiger partial charge in [-0.25, -0.2) is 0 Å². The van der Waals surface area contributed by atoms with Crippen molar-refractivity contribution in [2.45, 2.75) is 104 Å². The predicted octanol–water partition coefficient (Wildman–Crippen LogP) is 7.95. The topological polar surface area (TPSA) is 52.6 Å². The SMILES string of the molecule is CCCCC/C=C\C/C=C\[C@@H]1[C@H]2[C@@H](O[Si](c3ccccc3)(c3ccccc3)C(C)(C)C)CC(=O)[C@]21CCCC(=O)OCC. The number of Topliss-reactive ketones (excluding diaryl/α,β-unsaturated/α-hetero) is 1. The first-order valence-corrected chi connectivity index (χ1v) is 18.4.